The van der Waals surface area contributed by atoms with Crippen molar-refractivity contribution in [1.82, 2.24) is 0 Å². The highest BCUT2D eigenvalue weighted by Crippen LogP contribution is 2.43. The number of benzene rings is 3. The summed E-state index contributed by atoms with van der Waals surface area (Å²) in [5.41, 5.74) is 2.52. The highest BCUT2D eigenvalue weighted by atomic mass is 16.5. The van der Waals surface area contributed by atoms with Crippen LogP contribution in [0.5, 0.6) is 11.5 Å². The minimum absolute atomic E-state index is 0.0407. The number of aliphatic hydroxyl groups excluding tert-OH is 1. The lowest BCUT2D eigenvalue weighted by Gasteiger charge is -2.26. The summed E-state index contributed by atoms with van der Waals surface area (Å²) >= 11 is 0. The molecule has 0 saturated carbocycles. The first-order chi connectivity index (χ1) is 18.7. The highest BCUT2D eigenvalue weighted by molar-refractivity contribution is 6.51. The monoisotopic (exact) mass is 529 g/mol. The lowest BCUT2D eigenvalue weighted by atomic mass is 9.93. The Morgan fingerprint density at radius 3 is 2.15 bits per heavy atom. The largest absolute Gasteiger partial charge is 0.507 e. The van der Waals surface area contributed by atoms with Crippen molar-refractivity contribution < 1.29 is 33.7 Å². The van der Waals surface area contributed by atoms with Crippen molar-refractivity contribution in [3.63, 3.8) is 0 Å². The summed E-state index contributed by atoms with van der Waals surface area (Å²) in [6.07, 6.45) is 0. The summed E-state index contributed by atoms with van der Waals surface area (Å²) in [7, 11) is 2.83. The Bertz CT molecular complexity index is 1420. The molecule has 1 N–H and O–H groups in total. The zero-order valence-corrected chi connectivity index (χ0v) is 22.6. The molecule has 1 aliphatic heterocycles. The minimum atomic E-state index is -0.922. The van der Waals surface area contributed by atoms with E-state index in [2.05, 4.69) is 0 Å². The lowest BCUT2D eigenvalue weighted by molar-refractivity contribution is -0.132. The zero-order valence-electron chi connectivity index (χ0n) is 22.6. The van der Waals surface area contributed by atoms with E-state index in [1.807, 2.05) is 20.8 Å². The van der Waals surface area contributed by atoms with Gasteiger partial charge in [-0.2, -0.15) is 0 Å². The van der Waals surface area contributed by atoms with Crippen LogP contribution in [0.4, 0.5) is 5.69 Å². The van der Waals surface area contributed by atoms with E-state index < -0.39 is 23.7 Å². The number of nitrogens with zero attached hydrogens (tertiary/aromatic N) is 1. The second kappa shape index (κ2) is 11.4. The smallest absolute Gasteiger partial charge is 0.337 e. The van der Waals surface area contributed by atoms with Gasteiger partial charge in [-0.1, -0.05) is 26.0 Å². The van der Waals surface area contributed by atoms with Crippen LogP contribution < -0.4 is 14.4 Å². The summed E-state index contributed by atoms with van der Waals surface area (Å²) in [5, 5.41) is 11.5. The summed E-state index contributed by atoms with van der Waals surface area (Å²) in [4.78, 5) is 40.2. The Kier molecular flexibility index (Phi) is 8.04. The average Bonchev–Trinajstić information content (AvgIpc) is 3.22. The quantitative estimate of drug-likeness (QED) is 0.175. The maximum Gasteiger partial charge on any atom is 0.337 e. The molecule has 8 nitrogen and oxygen atoms in total. The van der Waals surface area contributed by atoms with Crippen LogP contribution in [0.2, 0.25) is 0 Å². The fourth-order valence-electron chi connectivity index (χ4n) is 4.67. The van der Waals surface area contributed by atoms with Crippen molar-refractivity contribution in [2.24, 2.45) is 0 Å². The Labute approximate surface area is 227 Å². The highest BCUT2D eigenvalue weighted by Gasteiger charge is 2.47. The third-order valence-electron chi connectivity index (χ3n) is 6.65. The van der Waals surface area contributed by atoms with Gasteiger partial charge < -0.3 is 19.3 Å². The van der Waals surface area contributed by atoms with Crippen molar-refractivity contribution in [3.8, 4) is 11.5 Å². The second-order valence-electron chi connectivity index (χ2n) is 9.32. The van der Waals surface area contributed by atoms with Gasteiger partial charge in [0.05, 0.1) is 38.0 Å². The number of hydrogen-bond acceptors (Lipinski definition) is 7. The van der Waals surface area contributed by atoms with Crippen molar-refractivity contribution in [2.75, 3.05) is 25.7 Å². The Hall–Kier alpha value is -4.59. The fourth-order valence-corrected chi connectivity index (χ4v) is 4.67. The summed E-state index contributed by atoms with van der Waals surface area (Å²) in [6.45, 7) is 6.40. The van der Waals surface area contributed by atoms with Crippen molar-refractivity contribution in [2.45, 2.75) is 32.7 Å². The minimum Gasteiger partial charge on any atom is -0.507 e. The maximum absolute atomic E-state index is 13.5. The molecule has 1 amide bonds. The molecule has 39 heavy (non-hydrogen) atoms. The molecule has 0 aromatic heterocycles. The van der Waals surface area contributed by atoms with Gasteiger partial charge in [0.25, 0.3) is 11.7 Å². The topological polar surface area (TPSA) is 102 Å². The zero-order chi connectivity index (χ0) is 28.3. The van der Waals surface area contributed by atoms with Gasteiger partial charge in [-0.25, -0.2) is 4.79 Å². The molecule has 8 heteroatoms. The molecular formula is C31H31NO7. The van der Waals surface area contributed by atoms with E-state index in [1.165, 1.54) is 24.1 Å². The SMILES string of the molecule is CCOc1ccc(/C(O)=C2/C(=O)C(=O)N(c3ccc(C(=O)OC)cc3)C2c2ccc(OC)cc2)cc1C(C)C. The van der Waals surface area contributed by atoms with Crippen LogP contribution in [-0.2, 0) is 14.3 Å². The van der Waals surface area contributed by atoms with Crippen LogP contribution in [0.3, 0.4) is 0 Å². The number of hydrogen-bond donors (Lipinski definition) is 1. The van der Waals surface area contributed by atoms with Gasteiger partial charge in [0.15, 0.2) is 0 Å². The lowest BCUT2D eigenvalue weighted by Crippen LogP contribution is -2.29. The summed E-state index contributed by atoms with van der Waals surface area (Å²) in [5.74, 6) is -1.02. The molecule has 1 aliphatic rings. The summed E-state index contributed by atoms with van der Waals surface area (Å²) in [6, 6.07) is 17.4. The molecule has 1 fully saturated rings. The summed E-state index contributed by atoms with van der Waals surface area (Å²) < 4.78 is 15.8. The standard InChI is InChI=1S/C31H31NO7/c1-6-39-25-16-11-21(17-24(25)18(2)3)28(33)26-27(19-9-14-23(37-4)15-10-19)32(30(35)29(26)34)22-12-7-20(8-13-22)31(36)38-5/h7-18,27,33H,6H2,1-5H3/b28-26-. The number of carbonyl (C=O) groups excluding carboxylic acids is 3. The van der Waals surface area contributed by atoms with Crippen LogP contribution in [-0.4, -0.2) is 43.6 Å². The van der Waals surface area contributed by atoms with Crippen LogP contribution in [0, 0.1) is 0 Å². The predicted molar refractivity (Wildman–Crippen MR) is 147 cm³/mol. The van der Waals surface area contributed by atoms with Crippen molar-refractivity contribution in [3.05, 3.63) is 94.6 Å². The van der Waals surface area contributed by atoms with Crippen LogP contribution in [0.1, 0.15) is 59.8 Å². The molecule has 0 bridgehead atoms. The van der Waals surface area contributed by atoms with E-state index in [9.17, 15) is 19.5 Å². The number of aliphatic hydroxyl groups is 1. The van der Waals surface area contributed by atoms with E-state index in [4.69, 9.17) is 14.2 Å². The first kappa shape index (κ1) is 27.4. The molecule has 0 aliphatic carbocycles. The fraction of sp³-hybridized carbons (Fsp3) is 0.258. The number of rotatable bonds is 8. The predicted octanol–water partition coefficient (Wildman–Crippen LogP) is 5.63. The van der Waals surface area contributed by atoms with Crippen molar-refractivity contribution >= 4 is 29.1 Å². The number of carbonyl (C=O) groups is 3. The maximum atomic E-state index is 13.5. The Balaban J connectivity index is 1.90. The van der Waals surface area contributed by atoms with Gasteiger partial charge in [0.1, 0.15) is 17.3 Å². The molecule has 3 aromatic rings. The van der Waals surface area contributed by atoms with Gasteiger partial charge in [0.2, 0.25) is 0 Å². The molecule has 0 radical (unpaired) electrons. The molecule has 1 saturated heterocycles. The molecule has 1 unspecified atom stereocenters. The van der Waals surface area contributed by atoms with Gasteiger partial charge >= 0.3 is 5.97 Å². The Morgan fingerprint density at radius 2 is 1.59 bits per heavy atom. The molecule has 4 rings (SSSR count). The molecular weight excluding hydrogens is 498 g/mol. The van der Waals surface area contributed by atoms with E-state index in [1.54, 1.807) is 61.7 Å². The molecule has 202 valence electrons. The van der Waals surface area contributed by atoms with Gasteiger partial charge in [-0.3, -0.25) is 14.5 Å². The first-order valence-electron chi connectivity index (χ1n) is 12.6. The first-order valence-corrected chi connectivity index (χ1v) is 12.6. The Morgan fingerprint density at radius 1 is 0.949 bits per heavy atom. The van der Waals surface area contributed by atoms with E-state index in [0.717, 1.165) is 5.56 Å². The van der Waals surface area contributed by atoms with Crippen molar-refractivity contribution in [1.29, 1.82) is 0 Å². The third-order valence-corrected chi connectivity index (χ3v) is 6.65. The molecule has 3 aromatic carbocycles. The van der Waals surface area contributed by atoms with E-state index >= 15 is 0 Å². The van der Waals surface area contributed by atoms with Gasteiger partial charge in [-0.15, -0.1) is 0 Å². The average molecular weight is 530 g/mol. The molecule has 0 spiro atoms. The number of esters is 1. The van der Waals surface area contributed by atoms with Crippen LogP contribution >= 0.6 is 0 Å². The second-order valence-corrected chi connectivity index (χ2v) is 9.32. The molecule has 1 heterocycles. The van der Waals surface area contributed by atoms with Crippen LogP contribution in [0.25, 0.3) is 5.76 Å². The molecule has 1 atom stereocenters. The van der Waals surface area contributed by atoms with Gasteiger partial charge in [-0.05, 0) is 78.6 Å². The van der Waals surface area contributed by atoms with E-state index in [-0.39, 0.29) is 17.3 Å². The van der Waals surface area contributed by atoms with E-state index in [0.29, 0.717) is 40.5 Å². The number of ketones is 1. The number of Topliss-reactive ketones (excluding diaryl/α,β-unsaturated/α-hetero) is 1. The number of methoxy groups -OCH3 is 2. The van der Waals surface area contributed by atoms with Gasteiger partial charge in [0, 0.05) is 11.3 Å². The number of anilines is 1. The number of ether oxygens (including phenoxy) is 3. The number of amides is 1. The third kappa shape index (κ3) is 5.23. The normalized spacial score (nSPS) is 16.5. The van der Waals surface area contributed by atoms with Crippen LogP contribution in [0.15, 0.2) is 72.3 Å².